The summed E-state index contributed by atoms with van der Waals surface area (Å²) in [4.78, 5) is 24.4. The van der Waals surface area contributed by atoms with Crippen LogP contribution in [-0.4, -0.2) is 5.97 Å². The van der Waals surface area contributed by atoms with E-state index in [-0.39, 0.29) is 6.61 Å². The molecule has 2 heterocycles. The molecule has 2 aromatic heterocycles. The van der Waals surface area contributed by atoms with Gasteiger partial charge in [-0.3, -0.25) is 0 Å². The van der Waals surface area contributed by atoms with Crippen molar-refractivity contribution in [3.8, 4) is 0 Å². The van der Waals surface area contributed by atoms with Gasteiger partial charge >= 0.3 is 11.6 Å². The lowest BCUT2D eigenvalue weighted by atomic mass is 10.1. The molecule has 5 heteroatoms. The first kappa shape index (κ1) is 17.3. The molecule has 5 nitrogen and oxygen atoms in total. The van der Waals surface area contributed by atoms with E-state index < -0.39 is 11.6 Å². The smallest absolute Gasteiger partial charge is 0.338 e. The van der Waals surface area contributed by atoms with Crippen molar-refractivity contribution < 1.29 is 18.4 Å². The van der Waals surface area contributed by atoms with Crippen molar-refractivity contribution in [1.82, 2.24) is 0 Å². The zero-order chi connectivity index (χ0) is 20.0. The van der Waals surface area contributed by atoms with Gasteiger partial charge in [0, 0.05) is 33.9 Å². The van der Waals surface area contributed by atoms with Crippen molar-refractivity contribution in [1.29, 1.82) is 0 Å². The van der Waals surface area contributed by atoms with E-state index in [9.17, 15) is 9.59 Å². The number of carbonyl (C=O) groups excluding carboxylic acids is 1. The predicted octanol–water partition coefficient (Wildman–Crippen LogP) is 5.36. The predicted molar refractivity (Wildman–Crippen MR) is 110 cm³/mol. The van der Waals surface area contributed by atoms with E-state index in [0.29, 0.717) is 27.7 Å². The van der Waals surface area contributed by atoms with Crippen LogP contribution in [-0.2, 0) is 11.3 Å². The molecule has 0 bridgehead atoms. The Bertz CT molecular complexity index is 1440. The maximum Gasteiger partial charge on any atom is 0.338 e. The van der Waals surface area contributed by atoms with Crippen LogP contribution in [0.25, 0.3) is 32.9 Å². The number of rotatable bonds is 3. The highest BCUT2D eigenvalue weighted by Gasteiger charge is 2.14. The molecule has 0 aliphatic heterocycles. The number of hydrogen-bond acceptors (Lipinski definition) is 5. The third kappa shape index (κ3) is 3.06. The lowest BCUT2D eigenvalue weighted by Gasteiger charge is -2.08. The first-order valence-corrected chi connectivity index (χ1v) is 9.20. The number of hydrogen-bond donors (Lipinski definition) is 0. The van der Waals surface area contributed by atoms with Crippen molar-refractivity contribution in [3.63, 3.8) is 0 Å². The number of para-hydroxylation sites is 1. The maximum atomic E-state index is 12.4. The lowest BCUT2D eigenvalue weighted by Crippen LogP contribution is -2.08. The molecule has 5 aromatic rings. The van der Waals surface area contributed by atoms with Crippen molar-refractivity contribution in [2.24, 2.45) is 0 Å². The van der Waals surface area contributed by atoms with Gasteiger partial charge in [-0.1, -0.05) is 35.9 Å². The first-order valence-electron chi connectivity index (χ1n) is 9.20. The van der Waals surface area contributed by atoms with E-state index in [4.69, 9.17) is 13.6 Å². The summed E-state index contributed by atoms with van der Waals surface area (Å²) in [7, 11) is 0. The summed E-state index contributed by atoms with van der Waals surface area (Å²) in [6.07, 6.45) is 0. The van der Waals surface area contributed by atoms with E-state index in [1.807, 2.05) is 49.4 Å². The average molecular weight is 384 g/mol. The number of carbonyl (C=O) groups is 1. The van der Waals surface area contributed by atoms with Gasteiger partial charge < -0.3 is 13.6 Å². The number of esters is 1. The van der Waals surface area contributed by atoms with Crippen LogP contribution in [0.4, 0.5) is 0 Å². The fraction of sp³-hybridized carbons (Fsp3) is 0.0833. The Hall–Kier alpha value is -3.86. The quantitative estimate of drug-likeness (QED) is 0.309. The summed E-state index contributed by atoms with van der Waals surface area (Å²) in [5.74, 6) is -0.443. The molecule has 3 aromatic carbocycles. The SMILES string of the molecule is Cc1ccc(C(=O)OCc2cc(=O)oc3cc4oc5ccccc5c4cc23)cc1. The van der Waals surface area contributed by atoms with Crippen molar-refractivity contribution in [3.05, 3.63) is 93.8 Å². The van der Waals surface area contributed by atoms with Crippen LogP contribution < -0.4 is 5.63 Å². The molecule has 29 heavy (non-hydrogen) atoms. The minimum absolute atomic E-state index is 0.0316. The molecule has 5 rings (SSSR count). The van der Waals surface area contributed by atoms with Crippen molar-refractivity contribution >= 4 is 38.9 Å². The molecule has 0 aliphatic carbocycles. The van der Waals surface area contributed by atoms with Crippen LogP contribution in [0.3, 0.4) is 0 Å². The van der Waals surface area contributed by atoms with Gasteiger partial charge in [0.15, 0.2) is 0 Å². The Kier molecular flexibility index (Phi) is 3.95. The summed E-state index contributed by atoms with van der Waals surface area (Å²) in [6, 6.07) is 19.8. The molecule has 0 spiro atoms. The second-order valence-corrected chi connectivity index (χ2v) is 6.98. The van der Waals surface area contributed by atoms with E-state index >= 15 is 0 Å². The lowest BCUT2D eigenvalue weighted by molar-refractivity contribution is 0.0474. The van der Waals surface area contributed by atoms with Crippen LogP contribution in [0.1, 0.15) is 21.5 Å². The zero-order valence-electron chi connectivity index (χ0n) is 15.6. The number of fused-ring (bicyclic) bond motifs is 4. The second kappa shape index (κ2) is 6.63. The summed E-state index contributed by atoms with van der Waals surface area (Å²) < 4.78 is 16.7. The number of furan rings is 1. The Labute approximate surface area is 165 Å². The van der Waals surface area contributed by atoms with Crippen LogP contribution in [0.15, 0.2) is 80.4 Å². The van der Waals surface area contributed by atoms with Crippen molar-refractivity contribution in [2.45, 2.75) is 13.5 Å². The number of aryl methyl sites for hydroxylation is 1. The monoisotopic (exact) mass is 384 g/mol. The Balaban J connectivity index is 1.57. The van der Waals surface area contributed by atoms with Gasteiger partial charge in [0.05, 0.1) is 5.56 Å². The summed E-state index contributed by atoms with van der Waals surface area (Å²) in [6.45, 7) is 1.92. The highest BCUT2D eigenvalue weighted by Crippen LogP contribution is 2.32. The molecule has 0 radical (unpaired) electrons. The Morgan fingerprint density at radius 1 is 0.828 bits per heavy atom. The van der Waals surface area contributed by atoms with Crippen LogP contribution >= 0.6 is 0 Å². The molecular formula is C24H16O5. The highest BCUT2D eigenvalue weighted by molar-refractivity contribution is 6.09. The molecular weight excluding hydrogens is 368 g/mol. The van der Waals surface area contributed by atoms with Crippen LogP contribution in [0.2, 0.25) is 0 Å². The average Bonchev–Trinajstić information content (AvgIpc) is 3.08. The van der Waals surface area contributed by atoms with Gasteiger partial charge in [0.2, 0.25) is 0 Å². The first-order chi connectivity index (χ1) is 14.1. The summed E-state index contributed by atoms with van der Waals surface area (Å²) in [5, 5.41) is 2.59. The normalized spacial score (nSPS) is 11.3. The number of ether oxygens (including phenoxy) is 1. The Morgan fingerprint density at radius 2 is 1.59 bits per heavy atom. The van der Waals surface area contributed by atoms with Gasteiger partial charge in [-0.05, 0) is 31.2 Å². The van der Waals surface area contributed by atoms with Gasteiger partial charge in [-0.15, -0.1) is 0 Å². The molecule has 0 aliphatic rings. The van der Waals surface area contributed by atoms with Crippen LogP contribution in [0, 0.1) is 6.92 Å². The third-order valence-electron chi connectivity index (χ3n) is 4.97. The van der Waals surface area contributed by atoms with Gasteiger partial charge in [0.25, 0.3) is 0 Å². The summed E-state index contributed by atoms with van der Waals surface area (Å²) >= 11 is 0. The molecule has 0 unspecified atom stereocenters. The van der Waals surface area contributed by atoms with Gasteiger partial charge in [0.1, 0.15) is 23.4 Å². The molecule has 142 valence electrons. The fourth-order valence-electron chi connectivity index (χ4n) is 3.48. The molecule has 0 atom stereocenters. The molecule has 0 amide bonds. The highest BCUT2D eigenvalue weighted by atomic mass is 16.5. The maximum absolute atomic E-state index is 12.4. The molecule has 0 N–H and O–H groups in total. The molecule has 0 saturated heterocycles. The van der Waals surface area contributed by atoms with Gasteiger partial charge in [-0.2, -0.15) is 0 Å². The third-order valence-corrected chi connectivity index (χ3v) is 4.97. The minimum atomic E-state index is -0.505. The Morgan fingerprint density at radius 3 is 2.41 bits per heavy atom. The second-order valence-electron chi connectivity index (χ2n) is 6.98. The topological polar surface area (TPSA) is 69.7 Å². The fourth-order valence-corrected chi connectivity index (χ4v) is 3.48. The summed E-state index contributed by atoms with van der Waals surface area (Å²) in [5.41, 5.74) is 3.39. The molecule has 0 fully saturated rings. The molecule has 0 saturated carbocycles. The van der Waals surface area contributed by atoms with Crippen LogP contribution in [0.5, 0.6) is 0 Å². The van der Waals surface area contributed by atoms with E-state index in [1.165, 1.54) is 6.07 Å². The van der Waals surface area contributed by atoms with Gasteiger partial charge in [-0.25, -0.2) is 9.59 Å². The van der Waals surface area contributed by atoms with Crippen molar-refractivity contribution in [2.75, 3.05) is 0 Å². The van der Waals surface area contributed by atoms with E-state index in [0.717, 1.165) is 21.9 Å². The van der Waals surface area contributed by atoms with E-state index in [2.05, 4.69) is 0 Å². The van der Waals surface area contributed by atoms with E-state index in [1.54, 1.807) is 18.2 Å². The number of benzene rings is 3. The largest absolute Gasteiger partial charge is 0.457 e. The standard InChI is InChI=1S/C24H16O5/c1-14-6-8-15(9-7-14)24(26)27-13-16-10-23(25)29-21-12-22-19(11-18(16)21)17-4-2-3-5-20(17)28-22/h2-12H,13H2,1H3. The zero-order valence-corrected chi connectivity index (χ0v) is 15.6. The minimum Gasteiger partial charge on any atom is -0.457 e.